The Labute approximate surface area is 146 Å². The third-order valence-corrected chi connectivity index (χ3v) is 4.86. The number of rotatable bonds is 3. The van der Waals surface area contributed by atoms with Crippen molar-refractivity contribution in [2.75, 3.05) is 4.90 Å². The molecule has 0 atom stereocenters. The summed E-state index contributed by atoms with van der Waals surface area (Å²) in [5.74, 6) is 0.784. The number of hydrogen-bond donors (Lipinski definition) is 0. The first kappa shape index (κ1) is 16.7. The monoisotopic (exact) mass is 342 g/mol. The predicted octanol–water partition coefficient (Wildman–Crippen LogP) is 5.09. The number of carbonyl (C=O) groups is 1. The number of aromatic nitrogens is 1. The summed E-state index contributed by atoms with van der Waals surface area (Å²) in [5, 5.41) is 0.718. The van der Waals surface area contributed by atoms with Crippen LogP contribution in [-0.4, -0.2) is 10.9 Å². The number of thiazole rings is 1. The van der Waals surface area contributed by atoms with E-state index in [-0.39, 0.29) is 5.91 Å². The van der Waals surface area contributed by atoms with Crippen molar-refractivity contribution in [3.05, 3.63) is 47.4 Å². The first-order valence-electron chi connectivity index (χ1n) is 7.98. The zero-order valence-electron chi connectivity index (χ0n) is 14.7. The average molecular weight is 342 g/mol. The van der Waals surface area contributed by atoms with Gasteiger partial charge < -0.3 is 4.42 Å². The van der Waals surface area contributed by atoms with E-state index in [1.54, 1.807) is 22.5 Å². The van der Waals surface area contributed by atoms with Crippen molar-refractivity contribution in [2.45, 2.75) is 41.2 Å². The molecule has 3 rings (SSSR count). The lowest BCUT2D eigenvalue weighted by Gasteiger charge is -2.26. The highest BCUT2D eigenvalue weighted by molar-refractivity contribution is 7.22. The van der Waals surface area contributed by atoms with Crippen LogP contribution < -0.4 is 4.90 Å². The highest BCUT2D eigenvalue weighted by atomic mass is 32.1. The average Bonchev–Trinajstić information content (AvgIpc) is 3.11. The lowest BCUT2D eigenvalue weighted by atomic mass is 9.95. The third kappa shape index (κ3) is 3.22. The first-order valence-corrected chi connectivity index (χ1v) is 8.79. The molecule has 5 heteroatoms. The van der Waals surface area contributed by atoms with E-state index in [1.165, 1.54) is 5.56 Å². The maximum atomic E-state index is 13.0. The third-order valence-electron chi connectivity index (χ3n) is 3.83. The maximum absolute atomic E-state index is 13.0. The Morgan fingerprint density at radius 1 is 1.29 bits per heavy atom. The highest BCUT2D eigenvalue weighted by Gasteiger charge is 2.31. The fourth-order valence-corrected chi connectivity index (χ4v) is 3.80. The quantitative estimate of drug-likeness (QED) is 0.666. The maximum Gasteiger partial charge on any atom is 0.234 e. The van der Waals surface area contributed by atoms with Crippen LogP contribution in [0, 0.1) is 19.3 Å². The summed E-state index contributed by atoms with van der Waals surface area (Å²) in [6, 6.07) is 7.96. The van der Waals surface area contributed by atoms with Gasteiger partial charge in [0.05, 0.1) is 23.0 Å². The number of fused-ring (bicyclic) bond motifs is 1. The molecule has 2 heterocycles. The minimum atomic E-state index is -0.491. The van der Waals surface area contributed by atoms with Gasteiger partial charge in [-0.3, -0.25) is 9.69 Å². The van der Waals surface area contributed by atoms with Crippen molar-refractivity contribution in [1.82, 2.24) is 4.98 Å². The smallest absolute Gasteiger partial charge is 0.234 e. The lowest BCUT2D eigenvalue weighted by molar-refractivity contribution is -0.126. The number of nitrogens with zero attached hydrogens (tertiary/aromatic N) is 2. The van der Waals surface area contributed by atoms with Crippen molar-refractivity contribution < 1.29 is 9.21 Å². The molecular weight excluding hydrogens is 320 g/mol. The van der Waals surface area contributed by atoms with Gasteiger partial charge in [0, 0.05) is 5.41 Å². The molecule has 1 aromatic carbocycles. The summed E-state index contributed by atoms with van der Waals surface area (Å²) in [7, 11) is 0. The Kier molecular flexibility index (Phi) is 4.22. The predicted molar refractivity (Wildman–Crippen MR) is 98.4 cm³/mol. The van der Waals surface area contributed by atoms with Crippen molar-refractivity contribution in [3.8, 4) is 0 Å². The molecule has 1 amide bonds. The molecule has 0 aliphatic rings. The molecule has 0 saturated heterocycles. The van der Waals surface area contributed by atoms with Gasteiger partial charge in [0.25, 0.3) is 0 Å². The van der Waals surface area contributed by atoms with Crippen LogP contribution in [0.15, 0.2) is 34.9 Å². The van der Waals surface area contributed by atoms with Crippen LogP contribution in [0.2, 0.25) is 0 Å². The second-order valence-electron chi connectivity index (χ2n) is 7.15. The fourth-order valence-electron chi connectivity index (χ4n) is 2.66. The largest absolute Gasteiger partial charge is 0.467 e. The van der Waals surface area contributed by atoms with Crippen molar-refractivity contribution in [1.29, 1.82) is 0 Å². The molecule has 0 aliphatic carbocycles. The second-order valence-corrected chi connectivity index (χ2v) is 8.15. The normalized spacial score (nSPS) is 11.9. The standard InChI is InChI=1S/C19H22N2O2S/c1-12-9-13(2)16-15(10-12)24-18(20-16)21(17(22)19(3,4)5)11-14-7-6-8-23-14/h6-10H,11H2,1-5H3. The molecule has 0 saturated carbocycles. The summed E-state index contributed by atoms with van der Waals surface area (Å²) in [6.07, 6.45) is 1.63. The van der Waals surface area contributed by atoms with E-state index in [2.05, 4.69) is 26.0 Å². The van der Waals surface area contributed by atoms with Gasteiger partial charge in [0.1, 0.15) is 5.76 Å². The van der Waals surface area contributed by atoms with Crippen LogP contribution in [0.3, 0.4) is 0 Å². The summed E-state index contributed by atoms with van der Waals surface area (Å²) >= 11 is 1.55. The molecule has 0 aliphatic heterocycles. The van der Waals surface area contributed by atoms with E-state index in [4.69, 9.17) is 9.40 Å². The molecule has 126 valence electrons. The number of aryl methyl sites for hydroxylation is 2. The first-order chi connectivity index (χ1) is 11.3. The summed E-state index contributed by atoms with van der Waals surface area (Å²) in [4.78, 5) is 19.5. The number of benzene rings is 1. The minimum absolute atomic E-state index is 0.0346. The van der Waals surface area contributed by atoms with E-state index < -0.39 is 5.41 Å². The van der Waals surface area contributed by atoms with Gasteiger partial charge in [-0.2, -0.15) is 0 Å². The van der Waals surface area contributed by atoms with E-state index in [0.29, 0.717) is 6.54 Å². The Bertz CT molecular complexity index is 873. The summed E-state index contributed by atoms with van der Waals surface area (Å²) in [6.45, 7) is 10.3. The van der Waals surface area contributed by atoms with Crippen molar-refractivity contribution in [2.24, 2.45) is 5.41 Å². The molecule has 0 radical (unpaired) electrons. The number of amides is 1. The van der Waals surface area contributed by atoms with E-state index >= 15 is 0 Å². The molecule has 0 fully saturated rings. The molecule has 0 unspecified atom stereocenters. The Balaban J connectivity index is 2.07. The van der Waals surface area contributed by atoms with Crippen LogP contribution >= 0.6 is 11.3 Å². The SMILES string of the molecule is Cc1cc(C)c2nc(N(Cc3ccco3)C(=O)C(C)(C)C)sc2c1. The number of carbonyl (C=O) groups excluding carboxylic acids is 1. The zero-order valence-corrected chi connectivity index (χ0v) is 15.5. The topological polar surface area (TPSA) is 46.3 Å². The number of hydrogen-bond acceptors (Lipinski definition) is 4. The number of furan rings is 1. The fraction of sp³-hybridized carbons (Fsp3) is 0.368. The van der Waals surface area contributed by atoms with Gasteiger partial charge in [0.2, 0.25) is 5.91 Å². The van der Waals surface area contributed by atoms with Gasteiger partial charge in [-0.1, -0.05) is 38.2 Å². The minimum Gasteiger partial charge on any atom is -0.467 e. The van der Waals surface area contributed by atoms with Gasteiger partial charge in [0.15, 0.2) is 5.13 Å². The van der Waals surface area contributed by atoms with Crippen LogP contribution in [-0.2, 0) is 11.3 Å². The zero-order chi connectivity index (χ0) is 17.5. The van der Waals surface area contributed by atoms with Crippen molar-refractivity contribution >= 4 is 32.6 Å². The van der Waals surface area contributed by atoms with Gasteiger partial charge >= 0.3 is 0 Å². The second kappa shape index (κ2) is 6.06. The molecule has 0 spiro atoms. The van der Waals surface area contributed by atoms with Gasteiger partial charge in [-0.05, 0) is 43.2 Å². The lowest BCUT2D eigenvalue weighted by Crippen LogP contribution is -2.39. The highest BCUT2D eigenvalue weighted by Crippen LogP contribution is 2.34. The number of anilines is 1. The molecular formula is C19H22N2O2S. The Morgan fingerprint density at radius 3 is 2.67 bits per heavy atom. The molecule has 0 N–H and O–H groups in total. The Morgan fingerprint density at radius 2 is 2.04 bits per heavy atom. The van der Waals surface area contributed by atoms with Crippen molar-refractivity contribution in [3.63, 3.8) is 0 Å². The summed E-state index contributed by atoms with van der Waals surface area (Å²) < 4.78 is 6.55. The molecule has 0 bridgehead atoms. The van der Waals surface area contributed by atoms with Crippen LogP contribution in [0.1, 0.15) is 37.7 Å². The van der Waals surface area contributed by atoms with Gasteiger partial charge in [-0.15, -0.1) is 0 Å². The van der Waals surface area contributed by atoms with E-state index in [1.807, 2.05) is 32.9 Å². The van der Waals surface area contributed by atoms with Gasteiger partial charge in [-0.25, -0.2) is 4.98 Å². The van der Waals surface area contributed by atoms with Crippen LogP contribution in [0.5, 0.6) is 0 Å². The molecule has 24 heavy (non-hydrogen) atoms. The molecule has 3 aromatic rings. The molecule has 4 nitrogen and oxygen atoms in total. The summed E-state index contributed by atoms with van der Waals surface area (Å²) in [5.41, 5.74) is 2.81. The van der Waals surface area contributed by atoms with Crippen LogP contribution in [0.25, 0.3) is 10.2 Å². The van der Waals surface area contributed by atoms with E-state index in [9.17, 15) is 4.79 Å². The van der Waals surface area contributed by atoms with Crippen LogP contribution in [0.4, 0.5) is 5.13 Å². The Hall–Kier alpha value is -2.14. The van der Waals surface area contributed by atoms with E-state index in [0.717, 1.165) is 26.7 Å². The molecule has 2 aromatic heterocycles.